The summed E-state index contributed by atoms with van der Waals surface area (Å²) in [5.74, 6) is 0.668. The Kier molecular flexibility index (Phi) is 3.88. The molecule has 0 heterocycles. The van der Waals surface area contributed by atoms with Gasteiger partial charge in [-0.2, -0.15) is 0 Å². The van der Waals surface area contributed by atoms with Gasteiger partial charge in [-0.15, -0.1) is 0 Å². The second-order valence-corrected chi connectivity index (χ2v) is 5.62. The zero-order valence-electron chi connectivity index (χ0n) is 11.2. The Morgan fingerprint density at radius 1 is 1.18 bits per heavy atom. The van der Waals surface area contributed by atoms with Crippen molar-refractivity contribution in [3.8, 4) is 0 Å². The molecule has 1 aromatic carbocycles. The minimum absolute atomic E-state index is 0.286. The van der Waals surface area contributed by atoms with Crippen LogP contribution < -0.4 is 5.73 Å². The van der Waals surface area contributed by atoms with Crippen LogP contribution in [0.3, 0.4) is 0 Å². The molecule has 0 radical (unpaired) electrons. The summed E-state index contributed by atoms with van der Waals surface area (Å²) in [5.41, 5.74) is 9.23. The van der Waals surface area contributed by atoms with Crippen LogP contribution in [0.25, 0.3) is 0 Å². The van der Waals surface area contributed by atoms with E-state index in [1.165, 1.54) is 43.2 Å². The van der Waals surface area contributed by atoms with Gasteiger partial charge < -0.3 is 5.73 Å². The molecular formula is C16H25N. The Morgan fingerprint density at radius 2 is 1.76 bits per heavy atom. The first-order valence-corrected chi connectivity index (χ1v) is 7.02. The van der Waals surface area contributed by atoms with Crippen LogP contribution in [0, 0.1) is 0 Å². The number of rotatable bonds is 4. The van der Waals surface area contributed by atoms with Crippen molar-refractivity contribution in [2.45, 2.75) is 57.3 Å². The highest BCUT2D eigenvalue weighted by molar-refractivity contribution is 5.32. The second-order valence-electron chi connectivity index (χ2n) is 5.62. The zero-order valence-corrected chi connectivity index (χ0v) is 11.2. The van der Waals surface area contributed by atoms with Gasteiger partial charge in [0.25, 0.3) is 0 Å². The lowest BCUT2D eigenvalue weighted by Crippen LogP contribution is -2.31. The molecule has 0 bridgehead atoms. The summed E-state index contributed by atoms with van der Waals surface area (Å²) in [4.78, 5) is 0. The standard InChI is InChI=1S/C16H25N/c1-3-13(2)14-6-8-15(9-7-14)16(12-17)10-4-5-11-16/h6-9,13H,3-5,10-12,17H2,1-2H3. The van der Waals surface area contributed by atoms with E-state index in [9.17, 15) is 0 Å². The maximum absolute atomic E-state index is 6.02. The first kappa shape index (κ1) is 12.6. The summed E-state index contributed by atoms with van der Waals surface area (Å²) in [6, 6.07) is 9.25. The van der Waals surface area contributed by atoms with Gasteiger partial charge in [0.15, 0.2) is 0 Å². The first-order valence-electron chi connectivity index (χ1n) is 7.02. The summed E-state index contributed by atoms with van der Waals surface area (Å²) >= 11 is 0. The lowest BCUT2D eigenvalue weighted by atomic mass is 9.78. The van der Waals surface area contributed by atoms with E-state index in [-0.39, 0.29) is 5.41 Å². The topological polar surface area (TPSA) is 26.0 Å². The van der Waals surface area contributed by atoms with Crippen molar-refractivity contribution in [1.29, 1.82) is 0 Å². The van der Waals surface area contributed by atoms with Crippen molar-refractivity contribution in [3.63, 3.8) is 0 Å². The van der Waals surface area contributed by atoms with E-state index in [2.05, 4.69) is 38.1 Å². The Bertz CT molecular complexity index is 346. The molecule has 1 heteroatoms. The average Bonchev–Trinajstić information content (AvgIpc) is 2.88. The fourth-order valence-electron chi connectivity index (χ4n) is 3.06. The normalized spacial score (nSPS) is 20.4. The maximum Gasteiger partial charge on any atom is 0.00755 e. The monoisotopic (exact) mass is 231 g/mol. The van der Waals surface area contributed by atoms with Crippen LogP contribution >= 0.6 is 0 Å². The molecule has 1 nitrogen and oxygen atoms in total. The number of hydrogen-bond donors (Lipinski definition) is 1. The van der Waals surface area contributed by atoms with Crippen molar-refractivity contribution in [3.05, 3.63) is 35.4 Å². The van der Waals surface area contributed by atoms with Gasteiger partial charge >= 0.3 is 0 Å². The van der Waals surface area contributed by atoms with E-state index in [1.807, 2.05) is 0 Å². The van der Waals surface area contributed by atoms with Crippen LogP contribution in [-0.4, -0.2) is 6.54 Å². The van der Waals surface area contributed by atoms with Gasteiger partial charge in [-0.3, -0.25) is 0 Å². The molecule has 1 fully saturated rings. The van der Waals surface area contributed by atoms with Gasteiger partial charge in [-0.1, -0.05) is 51.0 Å². The molecule has 1 aliphatic rings. The van der Waals surface area contributed by atoms with E-state index < -0.39 is 0 Å². The van der Waals surface area contributed by atoms with Crippen molar-refractivity contribution in [1.82, 2.24) is 0 Å². The van der Waals surface area contributed by atoms with E-state index in [4.69, 9.17) is 5.73 Å². The van der Waals surface area contributed by atoms with E-state index >= 15 is 0 Å². The van der Waals surface area contributed by atoms with E-state index in [0.29, 0.717) is 5.92 Å². The highest BCUT2D eigenvalue weighted by atomic mass is 14.6. The average molecular weight is 231 g/mol. The molecule has 0 aliphatic heterocycles. The lowest BCUT2D eigenvalue weighted by Gasteiger charge is -2.28. The number of nitrogens with two attached hydrogens (primary N) is 1. The fraction of sp³-hybridized carbons (Fsp3) is 0.625. The molecule has 1 saturated carbocycles. The molecule has 1 atom stereocenters. The van der Waals surface area contributed by atoms with Crippen molar-refractivity contribution in [2.24, 2.45) is 5.73 Å². The van der Waals surface area contributed by atoms with Crippen LogP contribution in [0.4, 0.5) is 0 Å². The van der Waals surface area contributed by atoms with E-state index in [1.54, 1.807) is 0 Å². The molecule has 0 amide bonds. The molecule has 2 rings (SSSR count). The molecule has 1 aromatic rings. The highest BCUT2D eigenvalue weighted by Crippen LogP contribution is 2.40. The summed E-state index contributed by atoms with van der Waals surface area (Å²) in [5, 5.41) is 0. The van der Waals surface area contributed by atoms with Gasteiger partial charge in [0.05, 0.1) is 0 Å². The lowest BCUT2D eigenvalue weighted by molar-refractivity contribution is 0.453. The molecule has 1 unspecified atom stereocenters. The van der Waals surface area contributed by atoms with Crippen LogP contribution in [-0.2, 0) is 5.41 Å². The summed E-state index contributed by atoms with van der Waals surface area (Å²) in [7, 11) is 0. The third-order valence-corrected chi connectivity index (χ3v) is 4.66. The zero-order chi connectivity index (χ0) is 12.3. The molecule has 17 heavy (non-hydrogen) atoms. The smallest absolute Gasteiger partial charge is 0.00755 e. The predicted molar refractivity (Wildman–Crippen MR) is 74.3 cm³/mol. The van der Waals surface area contributed by atoms with Crippen molar-refractivity contribution >= 4 is 0 Å². The highest BCUT2D eigenvalue weighted by Gasteiger charge is 2.33. The van der Waals surface area contributed by atoms with Gasteiger partial charge in [0.2, 0.25) is 0 Å². The summed E-state index contributed by atoms with van der Waals surface area (Å²) < 4.78 is 0. The molecule has 2 N–H and O–H groups in total. The van der Waals surface area contributed by atoms with Crippen LogP contribution in [0.2, 0.25) is 0 Å². The number of benzene rings is 1. The van der Waals surface area contributed by atoms with Crippen LogP contribution in [0.5, 0.6) is 0 Å². The molecule has 94 valence electrons. The summed E-state index contributed by atoms with van der Waals surface area (Å²) in [6.07, 6.45) is 6.42. The minimum atomic E-state index is 0.286. The Morgan fingerprint density at radius 3 is 2.24 bits per heavy atom. The Labute approximate surface area is 105 Å². The number of hydrogen-bond acceptors (Lipinski definition) is 1. The minimum Gasteiger partial charge on any atom is -0.330 e. The SMILES string of the molecule is CCC(C)c1ccc(C2(CN)CCCC2)cc1. The van der Waals surface area contributed by atoms with Crippen LogP contribution in [0.1, 0.15) is 63.0 Å². The van der Waals surface area contributed by atoms with Crippen molar-refractivity contribution in [2.75, 3.05) is 6.54 Å². The maximum atomic E-state index is 6.02. The van der Waals surface area contributed by atoms with E-state index in [0.717, 1.165) is 6.54 Å². The van der Waals surface area contributed by atoms with Gasteiger partial charge in [0.1, 0.15) is 0 Å². The molecule has 0 spiro atoms. The predicted octanol–water partition coefficient (Wildman–Crippen LogP) is 3.97. The van der Waals surface area contributed by atoms with Crippen LogP contribution in [0.15, 0.2) is 24.3 Å². The quantitative estimate of drug-likeness (QED) is 0.833. The second kappa shape index (κ2) is 5.22. The first-order chi connectivity index (χ1) is 8.22. The molecule has 0 aromatic heterocycles. The van der Waals surface area contributed by atoms with Crippen molar-refractivity contribution < 1.29 is 0 Å². The van der Waals surface area contributed by atoms with Gasteiger partial charge in [0, 0.05) is 12.0 Å². The molecular weight excluding hydrogens is 206 g/mol. The summed E-state index contributed by atoms with van der Waals surface area (Å²) in [6.45, 7) is 5.34. The Balaban J connectivity index is 2.22. The largest absolute Gasteiger partial charge is 0.330 e. The Hall–Kier alpha value is -0.820. The third-order valence-electron chi connectivity index (χ3n) is 4.66. The molecule has 0 saturated heterocycles. The third kappa shape index (κ3) is 2.40. The molecule has 1 aliphatic carbocycles. The fourth-order valence-corrected chi connectivity index (χ4v) is 3.06. The van der Waals surface area contributed by atoms with Gasteiger partial charge in [-0.05, 0) is 36.3 Å². The van der Waals surface area contributed by atoms with Gasteiger partial charge in [-0.25, -0.2) is 0 Å².